The second-order valence-corrected chi connectivity index (χ2v) is 6.22. The normalized spacial score (nSPS) is 17.3. The van der Waals surface area contributed by atoms with Gasteiger partial charge in [-0.15, -0.1) is 0 Å². The third-order valence-electron chi connectivity index (χ3n) is 4.42. The molecular formula is C19H21ClN2O. The summed E-state index contributed by atoms with van der Waals surface area (Å²) in [5, 5.41) is 3.79. The minimum Gasteiger partial charge on any atom is -0.317 e. The summed E-state index contributed by atoms with van der Waals surface area (Å²) < 4.78 is 0. The van der Waals surface area contributed by atoms with Gasteiger partial charge in [0.25, 0.3) is 0 Å². The molecule has 1 fully saturated rings. The summed E-state index contributed by atoms with van der Waals surface area (Å²) in [5.74, 6) is 0. The van der Waals surface area contributed by atoms with Gasteiger partial charge in [-0.3, -0.25) is 0 Å². The zero-order chi connectivity index (χ0) is 16.2. The SMILES string of the molecule is CCc1ccccc1NC(=O)N1CCC[C@@H]1c1ccccc1Cl. The van der Waals surface area contributed by atoms with E-state index in [0.717, 1.165) is 47.6 Å². The molecule has 2 aromatic rings. The number of hydrogen-bond acceptors (Lipinski definition) is 1. The number of nitrogens with one attached hydrogen (secondary N) is 1. The van der Waals surface area contributed by atoms with Gasteiger partial charge in [0.1, 0.15) is 0 Å². The van der Waals surface area contributed by atoms with Crippen molar-refractivity contribution in [1.29, 1.82) is 0 Å². The highest BCUT2D eigenvalue weighted by atomic mass is 35.5. The molecule has 1 aliphatic rings. The molecule has 3 nitrogen and oxygen atoms in total. The standard InChI is InChI=1S/C19H21ClN2O/c1-2-14-8-3-6-11-17(14)21-19(23)22-13-7-12-18(22)15-9-4-5-10-16(15)20/h3-6,8-11,18H,2,7,12-13H2,1H3,(H,21,23)/t18-/m1/s1. The number of halogens is 1. The maximum atomic E-state index is 12.7. The van der Waals surface area contributed by atoms with Crippen molar-refractivity contribution in [3.8, 4) is 0 Å². The summed E-state index contributed by atoms with van der Waals surface area (Å²) in [6.07, 6.45) is 2.84. The molecule has 3 rings (SSSR count). The first-order valence-electron chi connectivity index (χ1n) is 8.10. The molecule has 1 atom stereocenters. The van der Waals surface area contributed by atoms with Gasteiger partial charge in [-0.25, -0.2) is 4.79 Å². The van der Waals surface area contributed by atoms with Crippen LogP contribution in [-0.2, 0) is 6.42 Å². The van der Waals surface area contributed by atoms with E-state index < -0.39 is 0 Å². The van der Waals surface area contributed by atoms with E-state index in [2.05, 4.69) is 12.2 Å². The Kier molecular flexibility index (Phi) is 4.87. The highest BCUT2D eigenvalue weighted by Gasteiger charge is 2.31. The van der Waals surface area contributed by atoms with E-state index in [4.69, 9.17) is 11.6 Å². The minimum atomic E-state index is -0.0479. The van der Waals surface area contributed by atoms with Crippen LogP contribution in [-0.4, -0.2) is 17.5 Å². The molecule has 0 aliphatic carbocycles. The fourth-order valence-electron chi connectivity index (χ4n) is 3.22. The number of likely N-dealkylation sites (tertiary alicyclic amines) is 1. The number of nitrogens with zero attached hydrogens (tertiary/aromatic N) is 1. The van der Waals surface area contributed by atoms with Crippen molar-refractivity contribution >= 4 is 23.3 Å². The van der Waals surface area contributed by atoms with Crippen molar-refractivity contribution in [3.63, 3.8) is 0 Å². The van der Waals surface area contributed by atoms with Crippen LogP contribution in [0.15, 0.2) is 48.5 Å². The van der Waals surface area contributed by atoms with Crippen LogP contribution in [0.1, 0.15) is 36.9 Å². The van der Waals surface area contributed by atoms with Gasteiger partial charge < -0.3 is 10.2 Å². The fraction of sp³-hybridized carbons (Fsp3) is 0.316. The number of para-hydroxylation sites is 1. The first-order valence-corrected chi connectivity index (χ1v) is 8.48. The molecule has 0 bridgehead atoms. The maximum absolute atomic E-state index is 12.7. The monoisotopic (exact) mass is 328 g/mol. The second-order valence-electron chi connectivity index (χ2n) is 5.81. The van der Waals surface area contributed by atoms with Gasteiger partial charge in [-0.2, -0.15) is 0 Å². The van der Waals surface area contributed by atoms with E-state index in [-0.39, 0.29) is 12.1 Å². The van der Waals surface area contributed by atoms with E-state index in [1.54, 1.807) is 0 Å². The third-order valence-corrected chi connectivity index (χ3v) is 4.76. The van der Waals surface area contributed by atoms with Crippen LogP contribution < -0.4 is 5.32 Å². The Morgan fingerprint density at radius 3 is 2.74 bits per heavy atom. The summed E-state index contributed by atoms with van der Waals surface area (Å²) in [6, 6.07) is 15.7. The van der Waals surface area contributed by atoms with Crippen molar-refractivity contribution < 1.29 is 4.79 Å². The third kappa shape index (κ3) is 3.35. The van der Waals surface area contributed by atoms with Crippen molar-refractivity contribution in [1.82, 2.24) is 4.90 Å². The zero-order valence-corrected chi connectivity index (χ0v) is 14.0. The Hall–Kier alpha value is -2.00. The highest BCUT2D eigenvalue weighted by Crippen LogP contribution is 2.36. The van der Waals surface area contributed by atoms with Gasteiger partial charge in [-0.1, -0.05) is 54.9 Å². The number of carbonyl (C=O) groups excluding carboxylic acids is 1. The quantitative estimate of drug-likeness (QED) is 0.817. The molecule has 1 heterocycles. The number of amides is 2. The molecule has 0 saturated carbocycles. The van der Waals surface area contributed by atoms with Crippen LogP contribution in [0.4, 0.5) is 10.5 Å². The van der Waals surface area contributed by atoms with Crippen LogP contribution in [0.3, 0.4) is 0 Å². The highest BCUT2D eigenvalue weighted by molar-refractivity contribution is 6.31. The van der Waals surface area contributed by atoms with Crippen LogP contribution in [0.5, 0.6) is 0 Å². The second kappa shape index (κ2) is 7.05. The lowest BCUT2D eigenvalue weighted by Crippen LogP contribution is -2.34. The van der Waals surface area contributed by atoms with Crippen LogP contribution in [0.2, 0.25) is 5.02 Å². The summed E-state index contributed by atoms with van der Waals surface area (Å²) >= 11 is 6.32. The number of carbonyl (C=O) groups is 1. The summed E-state index contributed by atoms with van der Waals surface area (Å²) in [4.78, 5) is 14.6. The molecule has 1 saturated heterocycles. The number of benzene rings is 2. The van der Waals surface area contributed by atoms with E-state index in [0.29, 0.717) is 0 Å². The van der Waals surface area contributed by atoms with Gasteiger partial charge in [0.15, 0.2) is 0 Å². The predicted molar refractivity (Wildman–Crippen MR) is 95.0 cm³/mol. The minimum absolute atomic E-state index is 0.0479. The molecule has 120 valence electrons. The largest absolute Gasteiger partial charge is 0.322 e. The zero-order valence-electron chi connectivity index (χ0n) is 13.3. The molecule has 1 aliphatic heterocycles. The van der Waals surface area contributed by atoms with Gasteiger partial charge in [-0.05, 0) is 42.5 Å². The number of rotatable bonds is 3. The Bertz CT molecular complexity index is 701. The molecule has 0 radical (unpaired) electrons. The molecule has 0 aromatic heterocycles. The van der Waals surface area contributed by atoms with Crippen molar-refractivity contribution in [2.45, 2.75) is 32.2 Å². The Morgan fingerprint density at radius 1 is 1.22 bits per heavy atom. The Labute approximate surface area is 142 Å². The molecule has 0 unspecified atom stereocenters. The number of hydrogen-bond donors (Lipinski definition) is 1. The van der Waals surface area contributed by atoms with E-state index in [9.17, 15) is 4.79 Å². The van der Waals surface area contributed by atoms with E-state index >= 15 is 0 Å². The Morgan fingerprint density at radius 2 is 1.96 bits per heavy atom. The van der Waals surface area contributed by atoms with Crippen LogP contribution in [0.25, 0.3) is 0 Å². The van der Waals surface area contributed by atoms with Crippen molar-refractivity contribution in [2.24, 2.45) is 0 Å². The topological polar surface area (TPSA) is 32.3 Å². The van der Waals surface area contributed by atoms with E-state index in [1.165, 1.54) is 0 Å². The Balaban J connectivity index is 1.80. The lowest BCUT2D eigenvalue weighted by molar-refractivity contribution is 0.207. The number of anilines is 1. The van der Waals surface area contributed by atoms with Gasteiger partial charge in [0, 0.05) is 17.3 Å². The lowest BCUT2D eigenvalue weighted by Gasteiger charge is -2.26. The maximum Gasteiger partial charge on any atom is 0.322 e. The predicted octanol–water partition coefficient (Wildman–Crippen LogP) is 5.27. The summed E-state index contributed by atoms with van der Waals surface area (Å²) in [6.45, 7) is 2.85. The molecule has 2 amide bonds. The fourth-order valence-corrected chi connectivity index (χ4v) is 3.48. The average Bonchev–Trinajstić information content (AvgIpc) is 3.05. The molecular weight excluding hydrogens is 308 g/mol. The molecule has 23 heavy (non-hydrogen) atoms. The van der Waals surface area contributed by atoms with Crippen molar-refractivity contribution in [3.05, 3.63) is 64.7 Å². The lowest BCUT2D eigenvalue weighted by atomic mass is 10.0. The van der Waals surface area contributed by atoms with Gasteiger partial charge in [0.05, 0.1) is 6.04 Å². The van der Waals surface area contributed by atoms with Crippen LogP contribution >= 0.6 is 11.6 Å². The molecule has 2 aromatic carbocycles. The molecule has 0 spiro atoms. The molecule has 1 N–H and O–H groups in total. The molecule has 4 heteroatoms. The van der Waals surface area contributed by atoms with Gasteiger partial charge >= 0.3 is 6.03 Å². The van der Waals surface area contributed by atoms with E-state index in [1.807, 2.05) is 53.4 Å². The average molecular weight is 329 g/mol. The van der Waals surface area contributed by atoms with Gasteiger partial charge in [0.2, 0.25) is 0 Å². The number of urea groups is 1. The van der Waals surface area contributed by atoms with Crippen molar-refractivity contribution in [2.75, 3.05) is 11.9 Å². The first kappa shape index (κ1) is 15.9. The first-order chi connectivity index (χ1) is 11.2. The van der Waals surface area contributed by atoms with Crippen LogP contribution in [0, 0.1) is 0 Å². The number of aryl methyl sites for hydroxylation is 1. The summed E-state index contributed by atoms with van der Waals surface area (Å²) in [5.41, 5.74) is 3.07. The smallest absolute Gasteiger partial charge is 0.317 e. The summed E-state index contributed by atoms with van der Waals surface area (Å²) in [7, 11) is 0.